The average molecular weight is 406 g/mol. The van der Waals surface area contributed by atoms with E-state index in [4.69, 9.17) is 16.0 Å². The Labute approximate surface area is 150 Å². The Morgan fingerprint density at radius 3 is 2.58 bits per heavy atom. The summed E-state index contributed by atoms with van der Waals surface area (Å²) in [4.78, 5) is 14.4. The minimum absolute atomic E-state index is 0.0237. The van der Waals surface area contributed by atoms with Crippen LogP contribution in [-0.2, 0) is 0 Å². The van der Waals surface area contributed by atoms with Crippen LogP contribution in [0.2, 0.25) is 0 Å². The summed E-state index contributed by atoms with van der Waals surface area (Å²) in [6, 6.07) is 13.7. The maximum Gasteiger partial charge on any atom is 0.269 e. The standard InChI is InChI=1S/C17H10BrClN2O3/c18-14-4-2-1-3-13(14)16-10-20-17(24-16)15(19)9-11-5-7-12(8-6-11)21(22)23/h1-10H/b15-9-. The van der Waals surface area contributed by atoms with Crippen LogP contribution < -0.4 is 0 Å². The van der Waals surface area contributed by atoms with E-state index < -0.39 is 4.92 Å². The van der Waals surface area contributed by atoms with Gasteiger partial charge in [0.25, 0.3) is 5.69 Å². The summed E-state index contributed by atoms with van der Waals surface area (Å²) < 4.78 is 6.59. The first-order valence-corrected chi connectivity index (χ1v) is 8.04. The molecule has 0 aliphatic carbocycles. The molecule has 3 aromatic rings. The summed E-state index contributed by atoms with van der Waals surface area (Å²) >= 11 is 9.70. The summed E-state index contributed by atoms with van der Waals surface area (Å²) in [5, 5.41) is 11.0. The van der Waals surface area contributed by atoms with Crippen LogP contribution in [0.5, 0.6) is 0 Å². The van der Waals surface area contributed by atoms with Crippen LogP contribution in [0.3, 0.4) is 0 Å². The highest BCUT2D eigenvalue weighted by molar-refractivity contribution is 9.10. The average Bonchev–Trinajstić information content (AvgIpc) is 3.05. The van der Waals surface area contributed by atoms with Crippen molar-refractivity contribution in [1.82, 2.24) is 4.98 Å². The van der Waals surface area contributed by atoms with E-state index in [1.165, 1.54) is 12.1 Å². The summed E-state index contributed by atoms with van der Waals surface area (Å²) in [7, 11) is 0. The van der Waals surface area contributed by atoms with Crippen molar-refractivity contribution >= 4 is 44.3 Å². The minimum Gasteiger partial charge on any atom is -0.435 e. The second kappa shape index (κ2) is 6.98. The lowest BCUT2D eigenvalue weighted by Gasteiger charge is -1.99. The van der Waals surface area contributed by atoms with Crippen LogP contribution in [0, 0.1) is 10.1 Å². The quantitative estimate of drug-likeness (QED) is 0.409. The predicted octanol–water partition coefficient (Wildman–Crippen LogP) is 5.75. The maximum atomic E-state index is 10.7. The highest BCUT2D eigenvalue weighted by Crippen LogP contribution is 2.31. The van der Waals surface area contributed by atoms with Gasteiger partial charge in [0.1, 0.15) is 5.03 Å². The van der Waals surface area contributed by atoms with Gasteiger partial charge >= 0.3 is 0 Å². The van der Waals surface area contributed by atoms with Crippen LogP contribution in [-0.4, -0.2) is 9.91 Å². The fourth-order valence-electron chi connectivity index (χ4n) is 2.07. The van der Waals surface area contributed by atoms with Crippen molar-refractivity contribution in [3.8, 4) is 11.3 Å². The molecule has 0 amide bonds. The van der Waals surface area contributed by atoms with E-state index in [9.17, 15) is 10.1 Å². The molecule has 2 aromatic carbocycles. The van der Waals surface area contributed by atoms with E-state index in [0.717, 1.165) is 10.0 Å². The van der Waals surface area contributed by atoms with Gasteiger partial charge in [0.2, 0.25) is 5.89 Å². The molecule has 1 heterocycles. The van der Waals surface area contributed by atoms with Gasteiger partial charge in [-0.2, -0.15) is 0 Å². The molecular weight excluding hydrogens is 396 g/mol. The van der Waals surface area contributed by atoms with Gasteiger partial charge < -0.3 is 4.42 Å². The molecule has 1 aromatic heterocycles. The third kappa shape index (κ3) is 3.55. The van der Waals surface area contributed by atoms with Crippen molar-refractivity contribution in [3.63, 3.8) is 0 Å². The number of nitro groups is 1. The van der Waals surface area contributed by atoms with Crippen molar-refractivity contribution in [2.45, 2.75) is 0 Å². The molecule has 0 bridgehead atoms. The number of non-ortho nitro benzene ring substituents is 1. The lowest BCUT2D eigenvalue weighted by molar-refractivity contribution is -0.384. The molecule has 0 saturated heterocycles. The van der Waals surface area contributed by atoms with E-state index in [2.05, 4.69) is 20.9 Å². The molecule has 0 N–H and O–H groups in total. The molecule has 120 valence electrons. The van der Waals surface area contributed by atoms with Crippen LogP contribution >= 0.6 is 27.5 Å². The van der Waals surface area contributed by atoms with Crippen molar-refractivity contribution in [3.05, 3.63) is 80.8 Å². The van der Waals surface area contributed by atoms with Gasteiger partial charge in [0.05, 0.1) is 11.1 Å². The minimum atomic E-state index is -0.451. The molecule has 7 heteroatoms. The summed E-state index contributed by atoms with van der Waals surface area (Å²) in [6.07, 6.45) is 3.24. The number of oxazole rings is 1. The van der Waals surface area contributed by atoms with Crippen LogP contribution in [0.4, 0.5) is 5.69 Å². The number of nitro benzene ring substituents is 1. The second-order valence-electron chi connectivity index (χ2n) is 4.85. The molecule has 0 aliphatic heterocycles. The molecule has 0 atom stereocenters. The fourth-order valence-corrected chi connectivity index (χ4v) is 2.76. The number of halogens is 2. The first-order chi connectivity index (χ1) is 11.5. The van der Waals surface area contributed by atoms with Gasteiger partial charge in [-0.05, 0) is 29.8 Å². The molecule has 5 nitrogen and oxygen atoms in total. The smallest absolute Gasteiger partial charge is 0.269 e. The molecule has 0 fully saturated rings. The van der Waals surface area contributed by atoms with E-state index in [0.29, 0.717) is 16.4 Å². The van der Waals surface area contributed by atoms with Gasteiger partial charge in [-0.25, -0.2) is 4.98 Å². The Morgan fingerprint density at radius 1 is 1.21 bits per heavy atom. The molecule has 0 radical (unpaired) electrons. The molecule has 3 rings (SSSR count). The second-order valence-corrected chi connectivity index (χ2v) is 6.11. The van der Waals surface area contributed by atoms with Gasteiger partial charge in [-0.15, -0.1) is 0 Å². The molecule has 24 heavy (non-hydrogen) atoms. The highest BCUT2D eigenvalue weighted by atomic mass is 79.9. The van der Waals surface area contributed by atoms with Crippen LogP contribution in [0.15, 0.2) is 63.6 Å². The molecule has 0 unspecified atom stereocenters. The Kier molecular flexibility index (Phi) is 4.78. The summed E-state index contributed by atoms with van der Waals surface area (Å²) in [5.74, 6) is 0.869. The predicted molar refractivity (Wildman–Crippen MR) is 96.5 cm³/mol. The van der Waals surface area contributed by atoms with Gasteiger partial charge in [0.15, 0.2) is 5.76 Å². The Balaban J connectivity index is 1.86. The SMILES string of the molecule is O=[N+]([O-])c1ccc(/C=C(\Cl)c2ncc(-c3ccccc3Br)o2)cc1. The molecule has 0 saturated carbocycles. The monoisotopic (exact) mass is 404 g/mol. The van der Waals surface area contributed by atoms with Gasteiger partial charge in [0, 0.05) is 22.2 Å². The lowest BCUT2D eigenvalue weighted by Crippen LogP contribution is -1.86. The molecule has 0 spiro atoms. The third-order valence-electron chi connectivity index (χ3n) is 3.25. The zero-order valence-corrected chi connectivity index (χ0v) is 14.5. The van der Waals surface area contributed by atoms with E-state index in [1.54, 1.807) is 24.4 Å². The van der Waals surface area contributed by atoms with E-state index in [-0.39, 0.29) is 11.6 Å². The molecular formula is C17H10BrClN2O3. The highest BCUT2D eigenvalue weighted by Gasteiger charge is 2.12. The normalized spacial score (nSPS) is 11.5. The van der Waals surface area contributed by atoms with Crippen molar-refractivity contribution in [2.75, 3.05) is 0 Å². The largest absolute Gasteiger partial charge is 0.435 e. The van der Waals surface area contributed by atoms with E-state index in [1.807, 2.05) is 24.3 Å². The number of hydrogen-bond donors (Lipinski definition) is 0. The van der Waals surface area contributed by atoms with Gasteiger partial charge in [-0.3, -0.25) is 10.1 Å². The number of rotatable bonds is 4. The maximum absolute atomic E-state index is 10.7. The van der Waals surface area contributed by atoms with Gasteiger partial charge in [-0.1, -0.05) is 45.7 Å². The topological polar surface area (TPSA) is 69.2 Å². The Morgan fingerprint density at radius 2 is 1.92 bits per heavy atom. The van der Waals surface area contributed by atoms with E-state index >= 15 is 0 Å². The van der Waals surface area contributed by atoms with Crippen molar-refractivity contribution in [1.29, 1.82) is 0 Å². The number of aromatic nitrogens is 1. The number of nitrogens with zero attached hydrogens (tertiary/aromatic N) is 2. The fraction of sp³-hybridized carbons (Fsp3) is 0. The zero-order valence-electron chi connectivity index (χ0n) is 12.1. The number of benzene rings is 2. The third-order valence-corrected chi connectivity index (χ3v) is 4.21. The zero-order chi connectivity index (χ0) is 17.1. The van der Waals surface area contributed by atoms with Crippen molar-refractivity contribution < 1.29 is 9.34 Å². The first-order valence-electron chi connectivity index (χ1n) is 6.87. The summed E-state index contributed by atoms with van der Waals surface area (Å²) in [5.41, 5.74) is 1.61. The van der Waals surface area contributed by atoms with Crippen LogP contribution in [0.1, 0.15) is 11.5 Å². The first kappa shape index (κ1) is 16.4. The summed E-state index contributed by atoms with van der Waals surface area (Å²) in [6.45, 7) is 0. The Hall–Kier alpha value is -2.44. The van der Waals surface area contributed by atoms with Crippen LogP contribution in [0.25, 0.3) is 22.4 Å². The lowest BCUT2D eigenvalue weighted by atomic mass is 10.2. The number of hydrogen-bond acceptors (Lipinski definition) is 4. The Bertz CT molecular complexity index is 920. The van der Waals surface area contributed by atoms with Crippen molar-refractivity contribution in [2.24, 2.45) is 0 Å². The molecule has 0 aliphatic rings.